The topological polar surface area (TPSA) is 40.9 Å². The maximum Gasteiger partial charge on any atom is 0.153 e. The summed E-state index contributed by atoms with van der Waals surface area (Å²) < 4.78 is 0. The molecule has 0 amide bonds. The predicted molar refractivity (Wildman–Crippen MR) is 64.9 cm³/mol. The second-order valence-corrected chi connectivity index (χ2v) is 4.99. The van der Waals surface area contributed by atoms with Gasteiger partial charge in [0.1, 0.15) is 5.41 Å². The third-order valence-electron chi connectivity index (χ3n) is 3.71. The second-order valence-electron chi connectivity index (χ2n) is 4.99. The van der Waals surface area contributed by atoms with Crippen LogP contribution in [0, 0.1) is 16.7 Å². The molecule has 1 aliphatic rings. The van der Waals surface area contributed by atoms with Gasteiger partial charge in [-0.25, -0.2) is 0 Å². The summed E-state index contributed by atoms with van der Waals surface area (Å²) in [5, 5.41) is 9.16. The van der Waals surface area contributed by atoms with E-state index in [0.717, 1.165) is 25.7 Å². The van der Waals surface area contributed by atoms with E-state index in [4.69, 9.17) is 5.26 Å². The van der Waals surface area contributed by atoms with Crippen molar-refractivity contribution in [1.82, 2.24) is 0 Å². The van der Waals surface area contributed by atoms with Crippen molar-refractivity contribution < 1.29 is 4.79 Å². The number of hydrogen-bond acceptors (Lipinski definition) is 2. The van der Waals surface area contributed by atoms with Crippen molar-refractivity contribution in [2.24, 2.45) is 5.41 Å². The summed E-state index contributed by atoms with van der Waals surface area (Å²) in [7, 11) is 0. The molecule has 0 aromatic carbocycles. The molecule has 0 N–H and O–H groups in total. The summed E-state index contributed by atoms with van der Waals surface area (Å²) >= 11 is 0. The van der Waals surface area contributed by atoms with E-state index in [1.54, 1.807) is 0 Å². The normalized spacial score (nSPS) is 24.6. The third kappa shape index (κ3) is 3.33. The highest BCUT2D eigenvalue weighted by Gasteiger charge is 2.41. The summed E-state index contributed by atoms with van der Waals surface area (Å²) in [6.45, 7) is 2.21. The minimum Gasteiger partial charge on any atom is -0.298 e. The molecule has 0 aromatic heterocycles. The first kappa shape index (κ1) is 13.2. The SMILES string of the molecule is CCCCCCCCC1(C#N)CCCC1=O. The molecule has 16 heavy (non-hydrogen) atoms. The van der Waals surface area contributed by atoms with E-state index in [0.29, 0.717) is 6.42 Å². The molecule has 0 heterocycles. The maximum atomic E-state index is 11.7. The Bertz CT molecular complexity index is 266. The Morgan fingerprint density at radius 3 is 2.50 bits per heavy atom. The van der Waals surface area contributed by atoms with Crippen LogP contribution < -0.4 is 0 Å². The summed E-state index contributed by atoms with van der Waals surface area (Å²) in [6, 6.07) is 2.28. The molecule has 1 fully saturated rings. The smallest absolute Gasteiger partial charge is 0.153 e. The molecule has 1 rings (SSSR count). The molecule has 0 saturated heterocycles. The molecular formula is C14H23NO. The Labute approximate surface area is 99.0 Å². The van der Waals surface area contributed by atoms with Crippen molar-refractivity contribution >= 4 is 5.78 Å². The molecule has 1 saturated carbocycles. The molecule has 0 aliphatic heterocycles. The Kier molecular flexibility index (Phi) is 5.52. The first-order chi connectivity index (χ1) is 7.75. The van der Waals surface area contributed by atoms with E-state index in [1.165, 1.54) is 32.1 Å². The van der Waals surface area contributed by atoms with E-state index in [-0.39, 0.29) is 5.78 Å². The number of Topliss-reactive ketones (excluding diaryl/α,β-unsaturated/α-hetero) is 1. The van der Waals surface area contributed by atoms with Crippen LogP contribution in [0.5, 0.6) is 0 Å². The fourth-order valence-corrected chi connectivity index (χ4v) is 2.58. The summed E-state index contributed by atoms with van der Waals surface area (Å²) in [6.07, 6.45) is 10.5. The first-order valence-corrected chi connectivity index (χ1v) is 6.70. The van der Waals surface area contributed by atoms with Crippen molar-refractivity contribution in [2.45, 2.75) is 71.1 Å². The highest BCUT2D eigenvalue weighted by Crippen LogP contribution is 2.38. The molecular weight excluding hydrogens is 198 g/mol. The van der Waals surface area contributed by atoms with Crippen LogP contribution in [0.4, 0.5) is 0 Å². The molecule has 0 bridgehead atoms. The average molecular weight is 221 g/mol. The van der Waals surface area contributed by atoms with E-state index in [1.807, 2.05) is 0 Å². The standard InChI is InChI=1S/C14H23NO/c1-2-3-4-5-6-7-10-14(12-15)11-8-9-13(14)16/h2-11H2,1H3. The quantitative estimate of drug-likeness (QED) is 0.610. The predicted octanol–water partition coefficient (Wildman–Crippen LogP) is 4.00. The summed E-state index contributed by atoms with van der Waals surface area (Å²) in [5.74, 6) is 0.198. The highest BCUT2D eigenvalue weighted by atomic mass is 16.1. The molecule has 1 aliphatic carbocycles. The van der Waals surface area contributed by atoms with Crippen molar-refractivity contribution in [1.29, 1.82) is 5.26 Å². The minimum absolute atomic E-state index is 0.198. The van der Waals surface area contributed by atoms with Gasteiger partial charge in [-0.3, -0.25) is 4.79 Å². The second kappa shape index (κ2) is 6.68. The third-order valence-corrected chi connectivity index (χ3v) is 3.71. The van der Waals surface area contributed by atoms with Gasteiger partial charge in [-0.1, -0.05) is 45.4 Å². The lowest BCUT2D eigenvalue weighted by atomic mass is 9.81. The van der Waals surface area contributed by atoms with Gasteiger partial charge in [-0.2, -0.15) is 5.26 Å². The van der Waals surface area contributed by atoms with E-state index >= 15 is 0 Å². The van der Waals surface area contributed by atoms with Gasteiger partial charge in [0, 0.05) is 6.42 Å². The monoisotopic (exact) mass is 221 g/mol. The van der Waals surface area contributed by atoms with Gasteiger partial charge >= 0.3 is 0 Å². The van der Waals surface area contributed by atoms with Gasteiger partial charge in [-0.15, -0.1) is 0 Å². The zero-order chi connectivity index (χ0) is 11.9. The number of rotatable bonds is 7. The number of carbonyl (C=O) groups is 1. The van der Waals surface area contributed by atoms with Crippen molar-refractivity contribution in [3.63, 3.8) is 0 Å². The molecule has 2 nitrogen and oxygen atoms in total. The number of nitrogens with zero attached hydrogens (tertiary/aromatic N) is 1. The molecule has 1 unspecified atom stereocenters. The van der Waals surface area contributed by atoms with E-state index < -0.39 is 5.41 Å². The molecule has 0 aromatic rings. The molecule has 1 atom stereocenters. The lowest BCUT2D eigenvalue weighted by molar-refractivity contribution is -0.123. The lowest BCUT2D eigenvalue weighted by Gasteiger charge is -2.17. The van der Waals surface area contributed by atoms with Crippen molar-refractivity contribution in [3.05, 3.63) is 0 Å². The number of ketones is 1. The van der Waals surface area contributed by atoms with Crippen molar-refractivity contribution in [3.8, 4) is 6.07 Å². The Morgan fingerprint density at radius 1 is 1.25 bits per heavy atom. The Morgan fingerprint density at radius 2 is 1.94 bits per heavy atom. The Balaban J connectivity index is 2.20. The van der Waals surface area contributed by atoms with Crippen molar-refractivity contribution in [2.75, 3.05) is 0 Å². The molecule has 2 heteroatoms. The number of nitriles is 1. The van der Waals surface area contributed by atoms with Crippen LogP contribution in [0.3, 0.4) is 0 Å². The van der Waals surface area contributed by atoms with Crippen LogP contribution in [-0.4, -0.2) is 5.78 Å². The highest BCUT2D eigenvalue weighted by molar-refractivity contribution is 5.89. The maximum absolute atomic E-state index is 11.7. The van der Waals surface area contributed by atoms with Crippen LogP contribution in [0.1, 0.15) is 71.1 Å². The molecule has 0 spiro atoms. The zero-order valence-corrected chi connectivity index (χ0v) is 10.4. The van der Waals surface area contributed by atoms with Crippen LogP contribution in [0.2, 0.25) is 0 Å². The van der Waals surface area contributed by atoms with E-state index in [9.17, 15) is 4.79 Å². The van der Waals surface area contributed by atoms with Gasteiger partial charge in [0.25, 0.3) is 0 Å². The summed E-state index contributed by atoms with van der Waals surface area (Å²) in [5.41, 5.74) is -0.593. The molecule has 90 valence electrons. The van der Waals surface area contributed by atoms with Crippen LogP contribution in [0.25, 0.3) is 0 Å². The number of carbonyl (C=O) groups excluding carboxylic acids is 1. The van der Waals surface area contributed by atoms with E-state index in [2.05, 4.69) is 13.0 Å². The van der Waals surface area contributed by atoms with Gasteiger partial charge in [0.05, 0.1) is 6.07 Å². The van der Waals surface area contributed by atoms with Gasteiger partial charge in [0.15, 0.2) is 5.78 Å². The van der Waals surface area contributed by atoms with Gasteiger partial charge < -0.3 is 0 Å². The minimum atomic E-state index is -0.593. The average Bonchev–Trinajstić information content (AvgIpc) is 2.66. The fourth-order valence-electron chi connectivity index (χ4n) is 2.58. The largest absolute Gasteiger partial charge is 0.298 e. The van der Waals surface area contributed by atoms with Gasteiger partial charge in [-0.05, 0) is 19.3 Å². The van der Waals surface area contributed by atoms with Crippen LogP contribution in [-0.2, 0) is 4.79 Å². The fraction of sp³-hybridized carbons (Fsp3) is 0.857. The lowest BCUT2D eigenvalue weighted by Crippen LogP contribution is -2.23. The van der Waals surface area contributed by atoms with Gasteiger partial charge in [0.2, 0.25) is 0 Å². The number of unbranched alkanes of at least 4 members (excludes halogenated alkanes) is 5. The summed E-state index contributed by atoms with van der Waals surface area (Å²) in [4.78, 5) is 11.7. The number of hydrogen-bond donors (Lipinski definition) is 0. The Hall–Kier alpha value is -0.840. The van der Waals surface area contributed by atoms with Crippen LogP contribution >= 0.6 is 0 Å². The molecule has 0 radical (unpaired) electrons. The van der Waals surface area contributed by atoms with Crippen LogP contribution in [0.15, 0.2) is 0 Å². The zero-order valence-electron chi connectivity index (χ0n) is 10.4. The first-order valence-electron chi connectivity index (χ1n) is 6.70.